The Balaban J connectivity index is 1.60. The maximum absolute atomic E-state index is 12.8. The van der Waals surface area contributed by atoms with Gasteiger partial charge in [-0.05, 0) is 54.3 Å². The van der Waals surface area contributed by atoms with Gasteiger partial charge in [0.1, 0.15) is 0 Å². The summed E-state index contributed by atoms with van der Waals surface area (Å²) in [5.74, 6) is -0.376. The van der Waals surface area contributed by atoms with Gasteiger partial charge in [-0.2, -0.15) is 0 Å². The van der Waals surface area contributed by atoms with Crippen molar-refractivity contribution in [3.63, 3.8) is 0 Å². The van der Waals surface area contributed by atoms with Gasteiger partial charge in [-0.1, -0.05) is 54.6 Å². The Morgan fingerprint density at radius 2 is 1.53 bits per heavy atom. The summed E-state index contributed by atoms with van der Waals surface area (Å²) < 4.78 is 28.1. The number of hydrogen-bond acceptors (Lipinski definition) is 3. The number of amides is 1. The number of hydrogen-bond donors (Lipinski definition) is 2. The normalized spacial score (nSPS) is 11.2. The Labute approximate surface area is 175 Å². The van der Waals surface area contributed by atoms with Crippen molar-refractivity contribution in [1.82, 2.24) is 0 Å². The summed E-state index contributed by atoms with van der Waals surface area (Å²) in [7, 11) is -3.82. The summed E-state index contributed by atoms with van der Waals surface area (Å²) in [6.07, 6.45) is 0. The number of aryl methyl sites for hydroxylation is 1. The number of carbonyl (C=O) groups is 1. The predicted octanol–water partition coefficient (Wildman–Crippen LogP) is 5.20. The molecule has 0 aliphatic heterocycles. The fourth-order valence-electron chi connectivity index (χ4n) is 3.26. The summed E-state index contributed by atoms with van der Waals surface area (Å²) in [6.45, 7) is 1.88. The minimum Gasteiger partial charge on any atom is -0.321 e. The average molecular weight is 417 g/mol. The second-order valence-electron chi connectivity index (χ2n) is 6.98. The summed E-state index contributed by atoms with van der Waals surface area (Å²) in [6, 6.07) is 26.5. The van der Waals surface area contributed by atoms with Crippen molar-refractivity contribution in [2.75, 3.05) is 10.0 Å². The van der Waals surface area contributed by atoms with Gasteiger partial charge in [0.2, 0.25) is 0 Å². The van der Waals surface area contributed by atoms with E-state index in [-0.39, 0.29) is 16.4 Å². The maximum atomic E-state index is 12.8. The number of rotatable bonds is 5. The molecule has 2 N–H and O–H groups in total. The summed E-state index contributed by atoms with van der Waals surface area (Å²) >= 11 is 0. The molecular formula is C24H20N2O3S. The summed E-state index contributed by atoms with van der Waals surface area (Å²) in [5.41, 5.74) is 2.35. The second kappa shape index (κ2) is 8.00. The topological polar surface area (TPSA) is 75.3 Å². The van der Waals surface area contributed by atoms with E-state index < -0.39 is 10.0 Å². The number of benzene rings is 4. The Morgan fingerprint density at radius 1 is 0.800 bits per heavy atom. The third-order valence-electron chi connectivity index (χ3n) is 4.71. The second-order valence-corrected chi connectivity index (χ2v) is 8.67. The molecule has 4 aromatic rings. The first kappa shape index (κ1) is 19.7. The van der Waals surface area contributed by atoms with Crippen LogP contribution in [0.1, 0.15) is 15.9 Å². The Kier molecular flexibility index (Phi) is 5.25. The molecule has 0 fully saturated rings. The molecule has 0 atom stereocenters. The molecule has 30 heavy (non-hydrogen) atoms. The van der Waals surface area contributed by atoms with E-state index >= 15 is 0 Å². The van der Waals surface area contributed by atoms with Gasteiger partial charge < -0.3 is 5.32 Å². The van der Waals surface area contributed by atoms with Crippen LogP contribution in [-0.2, 0) is 10.0 Å². The van der Waals surface area contributed by atoms with Gasteiger partial charge in [0.15, 0.2) is 0 Å². The van der Waals surface area contributed by atoms with E-state index in [9.17, 15) is 13.2 Å². The molecule has 5 nitrogen and oxygen atoms in total. The van der Waals surface area contributed by atoms with E-state index in [1.807, 2.05) is 55.5 Å². The summed E-state index contributed by atoms with van der Waals surface area (Å²) in [4.78, 5) is 12.8. The van der Waals surface area contributed by atoms with Crippen molar-refractivity contribution in [3.05, 3.63) is 102 Å². The lowest BCUT2D eigenvalue weighted by atomic mass is 10.1. The van der Waals surface area contributed by atoms with Crippen LogP contribution in [0.5, 0.6) is 0 Å². The molecule has 0 radical (unpaired) electrons. The molecule has 0 aromatic heterocycles. The average Bonchev–Trinajstić information content (AvgIpc) is 2.74. The fourth-order valence-corrected chi connectivity index (χ4v) is 4.35. The van der Waals surface area contributed by atoms with E-state index in [1.54, 1.807) is 30.3 Å². The smallest absolute Gasteiger partial charge is 0.261 e. The van der Waals surface area contributed by atoms with Gasteiger partial charge in [0, 0.05) is 22.3 Å². The van der Waals surface area contributed by atoms with E-state index in [1.165, 1.54) is 12.1 Å². The van der Waals surface area contributed by atoms with Gasteiger partial charge >= 0.3 is 0 Å². The first-order chi connectivity index (χ1) is 14.4. The Morgan fingerprint density at radius 3 is 2.37 bits per heavy atom. The molecule has 0 unspecified atom stereocenters. The zero-order chi connectivity index (χ0) is 21.1. The van der Waals surface area contributed by atoms with E-state index in [0.717, 1.165) is 16.3 Å². The van der Waals surface area contributed by atoms with Crippen LogP contribution in [0.15, 0.2) is 95.9 Å². The van der Waals surface area contributed by atoms with E-state index in [4.69, 9.17) is 0 Å². The van der Waals surface area contributed by atoms with Crippen molar-refractivity contribution in [2.45, 2.75) is 11.8 Å². The van der Waals surface area contributed by atoms with Gasteiger partial charge in [0.05, 0.1) is 4.90 Å². The first-order valence-corrected chi connectivity index (χ1v) is 10.9. The third-order valence-corrected chi connectivity index (χ3v) is 6.09. The van der Waals surface area contributed by atoms with Gasteiger partial charge in [-0.25, -0.2) is 8.42 Å². The van der Waals surface area contributed by atoms with E-state index in [0.29, 0.717) is 11.4 Å². The lowest BCUT2D eigenvalue weighted by Crippen LogP contribution is -2.16. The highest BCUT2D eigenvalue weighted by Crippen LogP contribution is 2.24. The van der Waals surface area contributed by atoms with Gasteiger partial charge in [0.25, 0.3) is 15.9 Å². The molecular weight excluding hydrogens is 396 g/mol. The van der Waals surface area contributed by atoms with Crippen molar-refractivity contribution >= 4 is 38.1 Å². The molecule has 1 amide bonds. The highest BCUT2D eigenvalue weighted by molar-refractivity contribution is 7.92. The molecule has 0 saturated heterocycles. The minimum atomic E-state index is -3.82. The summed E-state index contributed by atoms with van der Waals surface area (Å²) in [5, 5.41) is 4.81. The Bertz CT molecular complexity index is 1340. The van der Waals surface area contributed by atoms with Gasteiger partial charge in [-0.3, -0.25) is 9.52 Å². The first-order valence-electron chi connectivity index (χ1n) is 9.41. The number of carbonyl (C=O) groups excluding carboxylic acids is 1. The van der Waals surface area contributed by atoms with Crippen LogP contribution in [0.2, 0.25) is 0 Å². The highest BCUT2D eigenvalue weighted by Gasteiger charge is 2.17. The maximum Gasteiger partial charge on any atom is 0.261 e. The molecule has 0 aliphatic rings. The molecule has 0 bridgehead atoms. The quantitative estimate of drug-likeness (QED) is 0.469. The monoisotopic (exact) mass is 416 g/mol. The standard InChI is InChI=1S/C24H20N2O3S/c1-17-7-4-11-20(15-17)26-30(28,29)21-12-5-10-19(16-21)24(27)25-23-14-6-9-18-8-2-3-13-22(18)23/h2-16,26H,1H3,(H,25,27). The molecule has 4 rings (SSSR count). The van der Waals surface area contributed by atoms with Crippen LogP contribution in [0.3, 0.4) is 0 Å². The van der Waals surface area contributed by atoms with Crippen molar-refractivity contribution in [1.29, 1.82) is 0 Å². The molecule has 0 heterocycles. The van der Waals surface area contributed by atoms with Crippen molar-refractivity contribution in [3.8, 4) is 0 Å². The van der Waals surface area contributed by atoms with Crippen LogP contribution in [0.25, 0.3) is 10.8 Å². The van der Waals surface area contributed by atoms with Crippen molar-refractivity contribution < 1.29 is 13.2 Å². The molecule has 4 aromatic carbocycles. The molecule has 0 saturated carbocycles. The van der Waals surface area contributed by atoms with Crippen LogP contribution in [0, 0.1) is 6.92 Å². The number of nitrogens with one attached hydrogen (secondary N) is 2. The number of fused-ring (bicyclic) bond motifs is 1. The number of anilines is 2. The minimum absolute atomic E-state index is 0.0228. The fraction of sp³-hybridized carbons (Fsp3) is 0.0417. The zero-order valence-electron chi connectivity index (χ0n) is 16.3. The third kappa shape index (κ3) is 4.18. The Hall–Kier alpha value is -3.64. The van der Waals surface area contributed by atoms with Crippen molar-refractivity contribution in [2.24, 2.45) is 0 Å². The number of sulfonamides is 1. The zero-order valence-corrected chi connectivity index (χ0v) is 17.1. The molecule has 6 heteroatoms. The molecule has 0 spiro atoms. The lowest BCUT2D eigenvalue weighted by molar-refractivity contribution is 0.102. The highest BCUT2D eigenvalue weighted by atomic mass is 32.2. The lowest BCUT2D eigenvalue weighted by Gasteiger charge is -2.11. The van der Waals surface area contributed by atoms with Gasteiger partial charge in [-0.15, -0.1) is 0 Å². The van der Waals surface area contributed by atoms with Crippen LogP contribution in [0.4, 0.5) is 11.4 Å². The largest absolute Gasteiger partial charge is 0.321 e. The van der Waals surface area contributed by atoms with Crippen LogP contribution >= 0.6 is 0 Å². The van der Waals surface area contributed by atoms with Crippen LogP contribution < -0.4 is 10.0 Å². The van der Waals surface area contributed by atoms with E-state index in [2.05, 4.69) is 10.0 Å². The molecule has 150 valence electrons. The predicted molar refractivity (Wildman–Crippen MR) is 120 cm³/mol. The SMILES string of the molecule is Cc1cccc(NS(=O)(=O)c2cccc(C(=O)Nc3cccc4ccccc34)c2)c1. The van der Waals surface area contributed by atoms with Crippen LogP contribution in [-0.4, -0.2) is 14.3 Å². The molecule has 0 aliphatic carbocycles.